The Morgan fingerprint density at radius 1 is 1.58 bits per heavy atom. The second-order valence-electron chi connectivity index (χ2n) is 4.01. The van der Waals surface area contributed by atoms with E-state index in [1.165, 1.54) is 10.9 Å². The van der Waals surface area contributed by atoms with Crippen molar-refractivity contribution >= 4 is 23.2 Å². The zero-order valence-corrected chi connectivity index (χ0v) is 11.6. The van der Waals surface area contributed by atoms with Crippen molar-refractivity contribution in [3.63, 3.8) is 0 Å². The molecule has 102 valence electrons. The van der Waals surface area contributed by atoms with E-state index in [1.54, 1.807) is 32.0 Å². The zero-order valence-electron chi connectivity index (χ0n) is 10.8. The summed E-state index contributed by atoms with van der Waals surface area (Å²) in [4.78, 5) is 12.1. The molecule has 2 aromatic rings. The lowest BCUT2D eigenvalue weighted by molar-refractivity contribution is 0.101. The molecule has 0 atom stereocenters. The van der Waals surface area contributed by atoms with Gasteiger partial charge in [0.2, 0.25) is 0 Å². The number of aryl methyl sites for hydroxylation is 2. The second kappa shape index (κ2) is 5.41. The number of halogens is 1. The first kappa shape index (κ1) is 13.6. The molecule has 19 heavy (non-hydrogen) atoms. The minimum Gasteiger partial charge on any atom is -0.362 e. The van der Waals surface area contributed by atoms with Gasteiger partial charge in [0.05, 0.1) is 28.8 Å². The average Bonchev–Trinajstić information content (AvgIpc) is 2.86. The van der Waals surface area contributed by atoms with E-state index in [2.05, 4.69) is 15.5 Å². The quantitative estimate of drug-likeness (QED) is 0.921. The molecule has 2 heterocycles. The summed E-state index contributed by atoms with van der Waals surface area (Å²) in [5, 5.41) is 11.2. The van der Waals surface area contributed by atoms with Gasteiger partial charge in [-0.3, -0.25) is 9.48 Å². The van der Waals surface area contributed by atoms with Crippen molar-refractivity contribution in [2.45, 2.75) is 13.7 Å². The predicted octanol–water partition coefficient (Wildman–Crippen LogP) is 1.43. The van der Waals surface area contributed by atoms with Crippen LogP contribution in [0.15, 0.2) is 12.4 Å². The van der Waals surface area contributed by atoms with Gasteiger partial charge in [-0.05, 0) is 6.92 Å². The molecule has 0 saturated heterocycles. The van der Waals surface area contributed by atoms with Crippen LogP contribution >= 0.6 is 11.6 Å². The number of amides is 1. The molecule has 0 radical (unpaired) electrons. The summed E-state index contributed by atoms with van der Waals surface area (Å²) < 4.78 is 7.94. The Balaban J connectivity index is 2.16. The standard InChI is InChI=1S/C11H14ClN5O2/c1-7-9(12)10(16(2)15-7)11(18)14-8-4-13-17(5-8)6-19-3/h4-5H,6H2,1-3H3,(H,14,18). The largest absolute Gasteiger partial charge is 0.362 e. The van der Waals surface area contributed by atoms with Crippen LogP contribution < -0.4 is 5.32 Å². The van der Waals surface area contributed by atoms with Gasteiger partial charge in [0.15, 0.2) is 0 Å². The van der Waals surface area contributed by atoms with Gasteiger partial charge in [0, 0.05) is 14.2 Å². The van der Waals surface area contributed by atoms with Crippen LogP contribution in [0.2, 0.25) is 5.02 Å². The summed E-state index contributed by atoms with van der Waals surface area (Å²) in [6.07, 6.45) is 3.20. The van der Waals surface area contributed by atoms with E-state index in [-0.39, 0.29) is 5.91 Å². The SMILES string of the molecule is COCn1cc(NC(=O)c2c(Cl)c(C)nn2C)cn1. The van der Waals surface area contributed by atoms with Crippen molar-refractivity contribution in [2.24, 2.45) is 7.05 Å². The van der Waals surface area contributed by atoms with Crippen LogP contribution in [0, 0.1) is 6.92 Å². The molecular formula is C11H14ClN5O2. The molecule has 2 aromatic heterocycles. The van der Waals surface area contributed by atoms with Crippen molar-refractivity contribution in [3.8, 4) is 0 Å². The topological polar surface area (TPSA) is 74.0 Å². The second-order valence-corrected chi connectivity index (χ2v) is 4.39. The normalized spacial score (nSPS) is 10.7. The van der Waals surface area contributed by atoms with Crippen LogP contribution in [0.3, 0.4) is 0 Å². The summed E-state index contributed by atoms with van der Waals surface area (Å²) >= 11 is 6.05. The van der Waals surface area contributed by atoms with E-state index >= 15 is 0 Å². The Morgan fingerprint density at radius 3 is 2.89 bits per heavy atom. The molecule has 7 nitrogen and oxygen atoms in total. The van der Waals surface area contributed by atoms with Gasteiger partial charge in [-0.2, -0.15) is 10.2 Å². The Labute approximate surface area is 115 Å². The van der Waals surface area contributed by atoms with Crippen LogP contribution in [0.4, 0.5) is 5.69 Å². The molecule has 0 bridgehead atoms. The van der Waals surface area contributed by atoms with Gasteiger partial charge < -0.3 is 10.1 Å². The first-order valence-electron chi connectivity index (χ1n) is 5.54. The molecule has 1 amide bonds. The number of hydrogen-bond donors (Lipinski definition) is 1. The maximum atomic E-state index is 12.1. The van der Waals surface area contributed by atoms with Crippen molar-refractivity contribution in [1.82, 2.24) is 19.6 Å². The minimum absolute atomic E-state index is 0.318. The van der Waals surface area contributed by atoms with E-state index in [4.69, 9.17) is 16.3 Å². The van der Waals surface area contributed by atoms with Crippen LogP contribution in [-0.4, -0.2) is 32.6 Å². The number of carbonyl (C=O) groups excluding carboxylic acids is 1. The van der Waals surface area contributed by atoms with Crippen molar-refractivity contribution in [2.75, 3.05) is 12.4 Å². The van der Waals surface area contributed by atoms with Gasteiger partial charge >= 0.3 is 0 Å². The molecule has 0 aliphatic carbocycles. The monoisotopic (exact) mass is 283 g/mol. The molecule has 0 fully saturated rings. The third-order valence-electron chi connectivity index (χ3n) is 2.52. The number of nitrogens with one attached hydrogen (secondary N) is 1. The number of rotatable bonds is 4. The van der Waals surface area contributed by atoms with Gasteiger partial charge in [-0.15, -0.1) is 0 Å². The highest BCUT2D eigenvalue weighted by atomic mass is 35.5. The molecule has 0 aliphatic heterocycles. The van der Waals surface area contributed by atoms with Gasteiger partial charge in [0.1, 0.15) is 12.4 Å². The summed E-state index contributed by atoms with van der Waals surface area (Å²) in [5.41, 5.74) is 1.50. The lowest BCUT2D eigenvalue weighted by Gasteiger charge is -2.03. The van der Waals surface area contributed by atoms with E-state index in [1.807, 2.05) is 0 Å². The molecule has 2 rings (SSSR count). The number of nitrogens with zero attached hydrogens (tertiary/aromatic N) is 4. The smallest absolute Gasteiger partial charge is 0.275 e. The molecule has 0 aromatic carbocycles. The fourth-order valence-corrected chi connectivity index (χ4v) is 1.95. The first-order valence-corrected chi connectivity index (χ1v) is 5.92. The van der Waals surface area contributed by atoms with Crippen molar-refractivity contribution in [3.05, 3.63) is 28.8 Å². The minimum atomic E-state index is -0.329. The summed E-state index contributed by atoms with van der Waals surface area (Å²) in [7, 11) is 3.24. The molecular weight excluding hydrogens is 270 g/mol. The van der Waals surface area contributed by atoms with Crippen LogP contribution in [0.1, 0.15) is 16.2 Å². The van der Waals surface area contributed by atoms with E-state index in [0.717, 1.165) is 0 Å². The van der Waals surface area contributed by atoms with Gasteiger partial charge in [-0.25, -0.2) is 4.68 Å². The Kier molecular flexibility index (Phi) is 3.87. The van der Waals surface area contributed by atoms with Gasteiger partial charge in [0.25, 0.3) is 5.91 Å². The molecule has 0 saturated carbocycles. The predicted molar refractivity (Wildman–Crippen MR) is 70.1 cm³/mol. The van der Waals surface area contributed by atoms with Crippen LogP contribution in [0.25, 0.3) is 0 Å². The zero-order chi connectivity index (χ0) is 14.0. The summed E-state index contributed by atoms with van der Waals surface area (Å²) in [6.45, 7) is 2.07. The molecule has 8 heteroatoms. The van der Waals surface area contributed by atoms with E-state index in [9.17, 15) is 4.79 Å². The lowest BCUT2D eigenvalue weighted by atomic mass is 10.3. The van der Waals surface area contributed by atoms with E-state index in [0.29, 0.717) is 28.8 Å². The lowest BCUT2D eigenvalue weighted by Crippen LogP contribution is -2.16. The fraction of sp³-hybridized carbons (Fsp3) is 0.364. The van der Waals surface area contributed by atoms with Crippen LogP contribution in [-0.2, 0) is 18.5 Å². The van der Waals surface area contributed by atoms with E-state index < -0.39 is 0 Å². The molecule has 0 aliphatic rings. The summed E-state index contributed by atoms with van der Waals surface area (Å²) in [5.74, 6) is -0.329. The highest BCUT2D eigenvalue weighted by molar-refractivity contribution is 6.34. The highest BCUT2D eigenvalue weighted by Crippen LogP contribution is 2.20. The average molecular weight is 284 g/mol. The molecule has 0 unspecified atom stereocenters. The number of ether oxygens (including phenoxy) is 1. The maximum Gasteiger partial charge on any atom is 0.275 e. The van der Waals surface area contributed by atoms with Crippen molar-refractivity contribution < 1.29 is 9.53 Å². The third kappa shape index (κ3) is 2.77. The number of hydrogen-bond acceptors (Lipinski definition) is 4. The fourth-order valence-electron chi connectivity index (χ4n) is 1.70. The first-order chi connectivity index (χ1) is 9.02. The van der Waals surface area contributed by atoms with Crippen LogP contribution in [0.5, 0.6) is 0 Å². The number of methoxy groups -OCH3 is 1. The maximum absolute atomic E-state index is 12.1. The number of aromatic nitrogens is 4. The Morgan fingerprint density at radius 2 is 2.32 bits per heavy atom. The summed E-state index contributed by atoms with van der Waals surface area (Å²) in [6, 6.07) is 0. The Hall–Kier alpha value is -1.86. The molecule has 1 N–H and O–H groups in total. The Bertz CT molecular complexity index is 604. The van der Waals surface area contributed by atoms with Crippen molar-refractivity contribution in [1.29, 1.82) is 0 Å². The molecule has 0 spiro atoms. The highest BCUT2D eigenvalue weighted by Gasteiger charge is 2.19. The number of anilines is 1. The van der Waals surface area contributed by atoms with Gasteiger partial charge in [-0.1, -0.05) is 11.6 Å². The number of carbonyl (C=O) groups is 1. The third-order valence-corrected chi connectivity index (χ3v) is 2.97.